The molecule has 0 N–H and O–H groups in total. The molecule has 0 amide bonds. The number of nitrogens with zero attached hydrogens (tertiary/aromatic N) is 3. The second kappa shape index (κ2) is 4.92. The van der Waals surface area contributed by atoms with Crippen molar-refractivity contribution >= 4 is 10.0 Å². The summed E-state index contributed by atoms with van der Waals surface area (Å²) in [7, 11) is -1.78. The van der Waals surface area contributed by atoms with Crippen LogP contribution in [0.4, 0.5) is 4.39 Å². The maximum atomic E-state index is 12.9. The summed E-state index contributed by atoms with van der Waals surface area (Å²) in [6, 6.07) is 4.93. The number of aromatic nitrogens is 2. The first kappa shape index (κ1) is 14.2. The van der Waals surface area contributed by atoms with E-state index in [0.29, 0.717) is 19.5 Å². The molecule has 112 valence electrons. The SMILES string of the molecule is Cc1nn(C)c2c1CCN(S(=O)(=O)c1ccc(F)cc1)C2. The van der Waals surface area contributed by atoms with E-state index in [2.05, 4.69) is 5.10 Å². The fraction of sp³-hybridized carbons (Fsp3) is 0.357. The second-order valence-corrected chi connectivity index (χ2v) is 7.11. The number of fused-ring (bicyclic) bond motifs is 1. The molecule has 0 saturated carbocycles. The maximum Gasteiger partial charge on any atom is 0.243 e. The summed E-state index contributed by atoms with van der Waals surface area (Å²) < 4.78 is 41.3. The van der Waals surface area contributed by atoms with Crippen molar-refractivity contribution in [2.75, 3.05) is 6.54 Å². The zero-order valence-corrected chi connectivity index (χ0v) is 12.7. The zero-order chi connectivity index (χ0) is 15.2. The average Bonchev–Trinajstić information content (AvgIpc) is 2.74. The lowest BCUT2D eigenvalue weighted by molar-refractivity contribution is 0.379. The molecule has 5 nitrogen and oxygen atoms in total. The monoisotopic (exact) mass is 309 g/mol. The number of halogens is 1. The van der Waals surface area contributed by atoms with Crippen LogP contribution in [0.25, 0.3) is 0 Å². The van der Waals surface area contributed by atoms with Gasteiger partial charge in [-0.2, -0.15) is 9.40 Å². The average molecular weight is 309 g/mol. The Morgan fingerprint density at radius 2 is 1.90 bits per heavy atom. The fourth-order valence-electron chi connectivity index (χ4n) is 2.72. The van der Waals surface area contributed by atoms with Crippen LogP contribution in [-0.4, -0.2) is 29.0 Å². The van der Waals surface area contributed by atoms with Gasteiger partial charge >= 0.3 is 0 Å². The smallest absolute Gasteiger partial charge is 0.243 e. The van der Waals surface area contributed by atoms with E-state index in [0.717, 1.165) is 29.1 Å². The van der Waals surface area contributed by atoms with Crippen LogP contribution in [0.1, 0.15) is 17.0 Å². The van der Waals surface area contributed by atoms with E-state index in [-0.39, 0.29) is 4.90 Å². The van der Waals surface area contributed by atoms with Crippen LogP contribution in [0, 0.1) is 12.7 Å². The Balaban J connectivity index is 1.95. The van der Waals surface area contributed by atoms with Crippen molar-refractivity contribution in [2.45, 2.75) is 24.8 Å². The van der Waals surface area contributed by atoms with Crippen LogP contribution in [-0.2, 0) is 30.0 Å². The first-order chi connectivity index (χ1) is 9.89. The third-order valence-corrected chi connectivity index (χ3v) is 5.72. The van der Waals surface area contributed by atoms with Gasteiger partial charge in [-0.15, -0.1) is 0 Å². The summed E-state index contributed by atoms with van der Waals surface area (Å²) in [6.07, 6.45) is 0.648. The molecule has 3 rings (SSSR count). The van der Waals surface area contributed by atoms with E-state index in [1.54, 1.807) is 4.68 Å². The van der Waals surface area contributed by atoms with Crippen LogP contribution in [0.3, 0.4) is 0 Å². The summed E-state index contributed by atoms with van der Waals surface area (Å²) in [5.41, 5.74) is 3.00. The second-order valence-electron chi connectivity index (χ2n) is 5.18. The molecule has 0 fully saturated rings. The van der Waals surface area contributed by atoms with Crippen LogP contribution in [0.2, 0.25) is 0 Å². The summed E-state index contributed by atoms with van der Waals surface area (Å²) >= 11 is 0. The van der Waals surface area contributed by atoms with Gasteiger partial charge in [0.2, 0.25) is 10.0 Å². The molecule has 2 heterocycles. The fourth-order valence-corrected chi connectivity index (χ4v) is 4.12. The Bertz CT molecular complexity index is 781. The van der Waals surface area contributed by atoms with Crippen LogP contribution in [0.15, 0.2) is 29.2 Å². The van der Waals surface area contributed by atoms with Crippen LogP contribution in [0.5, 0.6) is 0 Å². The van der Waals surface area contributed by atoms with Gasteiger partial charge in [-0.25, -0.2) is 12.8 Å². The number of benzene rings is 1. The van der Waals surface area contributed by atoms with Crippen molar-refractivity contribution in [3.8, 4) is 0 Å². The molecule has 0 aliphatic carbocycles. The first-order valence-corrected chi connectivity index (χ1v) is 8.10. The highest BCUT2D eigenvalue weighted by atomic mass is 32.2. The lowest BCUT2D eigenvalue weighted by atomic mass is 10.1. The Labute approximate surface area is 123 Å². The number of aryl methyl sites for hydroxylation is 2. The van der Waals surface area contributed by atoms with Crippen molar-refractivity contribution in [1.29, 1.82) is 0 Å². The third-order valence-electron chi connectivity index (χ3n) is 3.86. The molecule has 21 heavy (non-hydrogen) atoms. The first-order valence-electron chi connectivity index (χ1n) is 6.66. The third kappa shape index (κ3) is 2.36. The number of sulfonamides is 1. The van der Waals surface area contributed by atoms with Crippen LogP contribution < -0.4 is 0 Å². The van der Waals surface area contributed by atoms with Gasteiger partial charge in [-0.05, 0) is 43.2 Å². The molecule has 0 atom stereocenters. The van der Waals surface area contributed by atoms with E-state index in [1.165, 1.54) is 16.4 Å². The molecule has 2 aromatic rings. The van der Waals surface area contributed by atoms with Crippen molar-refractivity contribution in [2.24, 2.45) is 7.05 Å². The van der Waals surface area contributed by atoms with Crippen molar-refractivity contribution in [1.82, 2.24) is 14.1 Å². The Kier molecular flexibility index (Phi) is 3.33. The van der Waals surface area contributed by atoms with Gasteiger partial charge < -0.3 is 0 Å². The molecule has 0 unspecified atom stereocenters. The lowest BCUT2D eigenvalue weighted by Gasteiger charge is -2.26. The molecule has 0 bridgehead atoms. The predicted octanol–water partition coefficient (Wildman–Crippen LogP) is 1.61. The molecule has 1 aromatic carbocycles. The summed E-state index contributed by atoms with van der Waals surface area (Å²) in [5, 5.41) is 4.34. The van der Waals surface area contributed by atoms with Gasteiger partial charge in [0.15, 0.2) is 0 Å². The normalized spacial score (nSPS) is 16.0. The molecule has 0 saturated heterocycles. The minimum Gasteiger partial charge on any atom is -0.271 e. The number of hydrogen-bond donors (Lipinski definition) is 0. The van der Waals surface area contributed by atoms with Crippen molar-refractivity contribution in [3.63, 3.8) is 0 Å². The van der Waals surface area contributed by atoms with E-state index in [1.807, 2.05) is 14.0 Å². The van der Waals surface area contributed by atoms with E-state index in [4.69, 9.17) is 0 Å². The lowest BCUT2D eigenvalue weighted by Crippen LogP contribution is -2.36. The number of rotatable bonds is 2. The molecule has 0 radical (unpaired) electrons. The minimum atomic E-state index is -3.60. The maximum absolute atomic E-state index is 12.9. The van der Waals surface area contributed by atoms with Gasteiger partial charge in [0.1, 0.15) is 5.82 Å². The van der Waals surface area contributed by atoms with E-state index >= 15 is 0 Å². The van der Waals surface area contributed by atoms with E-state index in [9.17, 15) is 12.8 Å². The molecule has 1 aliphatic rings. The van der Waals surface area contributed by atoms with Gasteiger partial charge in [-0.1, -0.05) is 0 Å². The summed E-state index contributed by atoms with van der Waals surface area (Å²) in [6.45, 7) is 2.65. The predicted molar refractivity (Wildman–Crippen MR) is 75.6 cm³/mol. The van der Waals surface area contributed by atoms with Crippen molar-refractivity contribution < 1.29 is 12.8 Å². The zero-order valence-electron chi connectivity index (χ0n) is 11.9. The minimum absolute atomic E-state index is 0.117. The topological polar surface area (TPSA) is 55.2 Å². The van der Waals surface area contributed by atoms with Gasteiger partial charge in [0, 0.05) is 13.6 Å². The highest BCUT2D eigenvalue weighted by molar-refractivity contribution is 7.89. The Morgan fingerprint density at radius 3 is 2.57 bits per heavy atom. The molecular weight excluding hydrogens is 293 g/mol. The van der Waals surface area contributed by atoms with Crippen LogP contribution >= 0.6 is 0 Å². The quantitative estimate of drug-likeness (QED) is 0.847. The summed E-state index contributed by atoms with van der Waals surface area (Å²) in [4.78, 5) is 0.117. The highest BCUT2D eigenvalue weighted by Gasteiger charge is 2.31. The van der Waals surface area contributed by atoms with Crippen molar-refractivity contribution in [3.05, 3.63) is 47.0 Å². The Morgan fingerprint density at radius 1 is 1.24 bits per heavy atom. The standard InChI is InChI=1S/C14H16FN3O2S/c1-10-13-7-8-18(9-14(13)17(2)16-10)21(19,20)12-5-3-11(15)4-6-12/h3-6H,7-9H2,1-2H3. The molecule has 1 aliphatic heterocycles. The molecule has 0 spiro atoms. The molecule has 1 aromatic heterocycles. The van der Waals surface area contributed by atoms with Gasteiger partial charge in [0.25, 0.3) is 0 Å². The highest BCUT2D eigenvalue weighted by Crippen LogP contribution is 2.26. The van der Waals surface area contributed by atoms with Gasteiger partial charge in [0.05, 0.1) is 22.8 Å². The van der Waals surface area contributed by atoms with E-state index < -0.39 is 15.8 Å². The molecule has 7 heteroatoms. The van der Waals surface area contributed by atoms with Gasteiger partial charge in [-0.3, -0.25) is 4.68 Å². The number of hydrogen-bond acceptors (Lipinski definition) is 3. The largest absolute Gasteiger partial charge is 0.271 e. The molecular formula is C14H16FN3O2S. The summed E-state index contributed by atoms with van der Waals surface area (Å²) in [5.74, 6) is -0.447. The Hall–Kier alpha value is -1.73.